The summed E-state index contributed by atoms with van der Waals surface area (Å²) in [5.41, 5.74) is -0.00730. The summed E-state index contributed by atoms with van der Waals surface area (Å²) >= 11 is 0. The summed E-state index contributed by atoms with van der Waals surface area (Å²) in [5.74, 6) is -2.84. The molecule has 0 aromatic heterocycles. The zero-order valence-corrected chi connectivity index (χ0v) is 10.9. The molecule has 1 saturated heterocycles. The van der Waals surface area contributed by atoms with Crippen LogP contribution in [0.3, 0.4) is 0 Å². The molecule has 1 aromatic rings. The molecule has 0 saturated carbocycles. The van der Waals surface area contributed by atoms with Crippen molar-refractivity contribution in [2.45, 2.75) is 25.1 Å². The zero-order chi connectivity index (χ0) is 15.0. The van der Waals surface area contributed by atoms with E-state index in [1.165, 1.54) is 11.0 Å². The SMILES string of the molecule is CNCc1ccc(C(F)(F)F)cc1N1CCC(F)(F)C1. The highest BCUT2D eigenvalue weighted by molar-refractivity contribution is 5.57. The third-order valence-electron chi connectivity index (χ3n) is 3.29. The third-order valence-corrected chi connectivity index (χ3v) is 3.29. The molecule has 0 atom stereocenters. The second-order valence-electron chi connectivity index (χ2n) is 4.90. The number of nitrogens with one attached hydrogen (secondary N) is 1. The second-order valence-corrected chi connectivity index (χ2v) is 4.90. The van der Waals surface area contributed by atoms with Gasteiger partial charge in [-0.15, -0.1) is 0 Å². The molecule has 2 nitrogen and oxygen atoms in total. The lowest BCUT2D eigenvalue weighted by Crippen LogP contribution is -2.26. The van der Waals surface area contributed by atoms with Crippen LogP contribution in [0.2, 0.25) is 0 Å². The van der Waals surface area contributed by atoms with E-state index in [-0.39, 0.29) is 18.7 Å². The van der Waals surface area contributed by atoms with Gasteiger partial charge in [0.1, 0.15) is 0 Å². The van der Waals surface area contributed by atoms with E-state index in [9.17, 15) is 22.0 Å². The molecule has 1 heterocycles. The lowest BCUT2D eigenvalue weighted by molar-refractivity contribution is -0.137. The van der Waals surface area contributed by atoms with Gasteiger partial charge in [-0.1, -0.05) is 6.07 Å². The third kappa shape index (κ3) is 3.20. The van der Waals surface area contributed by atoms with E-state index >= 15 is 0 Å². The molecule has 0 unspecified atom stereocenters. The lowest BCUT2D eigenvalue weighted by atomic mass is 10.1. The summed E-state index contributed by atoms with van der Waals surface area (Å²) in [6, 6.07) is 3.27. The highest BCUT2D eigenvalue weighted by Crippen LogP contribution is 2.37. The molecule has 0 amide bonds. The molecule has 0 radical (unpaired) electrons. The van der Waals surface area contributed by atoms with Crippen LogP contribution in [-0.4, -0.2) is 26.1 Å². The number of rotatable bonds is 3. The van der Waals surface area contributed by atoms with Crippen molar-refractivity contribution in [2.24, 2.45) is 0 Å². The highest BCUT2D eigenvalue weighted by atomic mass is 19.4. The summed E-state index contributed by atoms with van der Waals surface area (Å²) < 4.78 is 64.7. The molecule has 2 rings (SSSR count). The van der Waals surface area contributed by atoms with Crippen LogP contribution in [0.4, 0.5) is 27.6 Å². The van der Waals surface area contributed by atoms with Crippen LogP contribution in [0, 0.1) is 0 Å². The van der Waals surface area contributed by atoms with Gasteiger partial charge in [0.25, 0.3) is 5.92 Å². The standard InChI is InChI=1S/C13H15F5N2/c1-19-7-9-2-3-10(13(16,17)18)6-11(9)20-5-4-12(14,15)8-20/h2-3,6,19H,4-5,7-8H2,1H3. The van der Waals surface area contributed by atoms with Crippen molar-refractivity contribution in [3.8, 4) is 0 Å². The van der Waals surface area contributed by atoms with Crippen LogP contribution in [0.15, 0.2) is 18.2 Å². The maximum atomic E-state index is 13.3. The van der Waals surface area contributed by atoms with Crippen molar-refractivity contribution < 1.29 is 22.0 Å². The van der Waals surface area contributed by atoms with Gasteiger partial charge in [0.15, 0.2) is 0 Å². The fourth-order valence-corrected chi connectivity index (χ4v) is 2.32. The molecule has 112 valence electrons. The summed E-state index contributed by atoms with van der Waals surface area (Å²) in [4.78, 5) is 1.32. The Hall–Kier alpha value is -1.37. The first-order valence-corrected chi connectivity index (χ1v) is 6.20. The van der Waals surface area contributed by atoms with Crippen LogP contribution >= 0.6 is 0 Å². The minimum atomic E-state index is -4.48. The van der Waals surface area contributed by atoms with Crippen LogP contribution in [0.25, 0.3) is 0 Å². The molecule has 0 spiro atoms. The minimum Gasteiger partial charge on any atom is -0.365 e. The van der Waals surface area contributed by atoms with Gasteiger partial charge in [-0.05, 0) is 24.7 Å². The lowest BCUT2D eigenvalue weighted by Gasteiger charge is -2.23. The van der Waals surface area contributed by atoms with Gasteiger partial charge in [0, 0.05) is 25.2 Å². The first kappa shape index (κ1) is 15.0. The van der Waals surface area contributed by atoms with Crippen molar-refractivity contribution in [3.05, 3.63) is 29.3 Å². The largest absolute Gasteiger partial charge is 0.416 e. The topological polar surface area (TPSA) is 15.3 Å². The monoisotopic (exact) mass is 294 g/mol. The van der Waals surface area contributed by atoms with Gasteiger partial charge in [0.05, 0.1) is 12.1 Å². The van der Waals surface area contributed by atoms with Crippen molar-refractivity contribution in [3.63, 3.8) is 0 Å². The van der Waals surface area contributed by atoms with Gasteiger partial charge >= 0.3 is 6.18 Å². The van der Waals surface area contributed by atoms with Gasteiger partial charge in [-0.2, -0.15) is 13.2 Å². The Morgan fingerprint density at radius 3 is 2.50 bits per heavy atom. The van der Waals surface area contributed by atoms with E-state index in [1.54, 1.807) is 7.05 Å². The van der Waals surface area contributed by atoms with Gasteiger partial charge < -0.3 is 10.2 Å². The molecule has 1 aliphatic heterocycles. The summed E-state index contributed by atoms with van der Waals surface area (Å²) in [6.45, 7) is -0.147. The normalized spacial score (nSPS) is 18.6. The molecule has 20 heavy (non-hydrogen) atoms. The molecule has 0 bridgehead atoms. The molecule has 1 aliphatic rings. The number of alkyl halides is 5. The number of hydrogen-bond donors (Lipinski definition) is 1. The van der Waals surface area contributed by atoms with E-state index < -0.39 is 24.2 Å². The van der Waals surface area contributed by atoms with Gasteiger partial charge in [-0.3, -0.25) is 0 Å². The van der Waals surface area contributed by atoms with Crippen LogP contribution < -0.4 is 10.2 Å². The highest BCUT2D eigenvalue weighted by Gasteiger charge is 2.39. The molecule has 7 heteroatoms. The number of benzene rings is 1. The maximum Gasteiger partial charge on any atom is 0.416 e. The Morgan fingerprint density at radius 1 is 1.30 bits per heavy atom. The first-order valence-electron chi connectivity index (χ1n) is 6.20. The fraction of sp³-hybridized carbons (Fsp3) is 0.538. The van der Waals surface area contributed by atoms with Crippen molar-refractivity contribution in [1.82, 2.24) is 5.32 Å². The van der Waals surface area contributed by atoms with Crippen LogP contribution in [0.5, 0.6) is 0 Å². The van der Waals surface area contributed by atoms with Crippen molar-refractivity contribution >= 4 is 5.69 Å². The van der Waals surface area contributed by atoms with E-state index in [2.05, 4.69) is 5.32 Å². The Morgan fingerprint density at radius 2 is 2.00 bits per heavy atom. The average molecular weight is 294 g/mol. The van der Waals surface area contributed by atoms with E-state index in [1.807, 2.05) is 0 Å². The molecular formula is C13H15F5N2. The number of halogens is 5. The quantitative estimate of drug-likeness (QED) is 0.861. The maximum absolute atomic E-state index is 13.3. The van der Waals surface area contributed by atoms with E-state index in [0.29, 0.717) is 12.1 Å². The van der Waals surface area contributed by atoms with Crippen molar-refractivity contribution in [2.75, 3.05) is 25.0 Å². The van der Waals surface area contributed by atoms with Crippen LogP contribution in [0.1, 0.15) is 17.5 Å². The van der Waals surface area contributed by atoms with Gasteiger partial charge in [0.2, 0.25) is 0 Å². The van der Waals surface area contributed by atoms with Crippen LogP contribution in [-0.2, 0) is 12.7 Å². The summed E-state index contributed by atoms with van der Waals surface area (Å²) in [7, 11) is 1.65. The predicted molar refractivity (Wildman–Crippen MR) is 66.0 cm³/mol. The number of nitrogens with zero attached hydrogens (tertiary/aromatic N) is 1. The van der Waals surface area contributed by atoms with E-state index in [4.69, 9.17) is 0 Å². The number of hydrogen-bond acceptors (Lipinski definition) is 2. The molecule has 0 aliphatic carbocycles. The summed E-state index contributed by atoms with van der Waals surface area (Å²) in [6.07, 6.45) is -4.81. The molecule has 1 N–H and O–H groups in total. The average Bonchev–Trinajstić information content (AvgIpc) is 2.69. The Labute approximate surface area is 113 Å². The first-order chi connectivity index (χ1) is 9.23. The molecule has 1 aromatic carbocycles. The Balaban J connectivity index is 2.37. The predicted octanol–water partition coefficient (Wildman–Crippen LogP) is 3.27. The number of anilines is 1. The molecule has 1 fully saturated rings. The summed E-state index contributed by atoms with van der Waals surface area (Å²) in [5, 5.41) is 2.83. The van der Waals surface area contributed by atoms with Crippen molar-refractivity contribution in [1.29, 1.82) is 0 Å². The Bertz CT molecular complexity index is 484. The van der Waals surface area contributed by atoms with Gasteiger partial charge in [-0.25, -0.2) is 8.78 Å². The molecular weight excluding hydrogens is 279 g/mol. The minimum absolute atomic E-state index is 0.0605. The smallest absolute Gasteiger partial charge is 0.365 e. The Kier molecular flexibility index (Phi) is 3.90. The van der Waals surface area contributed by atoms with E-state index in [0.717, 1.165) is 12.1 Å². The second kappa shape index (κ2) is 5.20. The zero-order valence-electron chi connectivity index (χ0n) is 10.9. The fourth-order valence-electron chi connectivity index (χ4n) is 2.32.